The number of nitrogens with one attached hydrogen (secondary N) is 1. The number of methoxy groups -OCH3 is 1. The maximum absolute atomic E-state index is 12.8. The molecule has 1 amide bonds. The number of nitrogens with zero attached hydrogens (tertiary/aromatic N) is 2. The van der Waals surface area contributed by atoms with Gasteiger partial charge < -0.3 is 14.4 Å². The minimum absolute atomic E-state index is 0.212. The molecule has 7 heteroatoms. The maximum atomic E-state index is 12.8. The van der Waals surface area contributed by atoms with Crippen LogP contribution in [0.3, 0.4) is 0 Å². The molecule has 2 heterocycles. The number of ether oxygens (including phenoxy) is 2. The number of rotatable bonds is 4. The number of benzene rings is 1. The van der Waals surface area contributed by atoms with Gasteiger partial charge in [0.2, 0.25) is 11.9 Å². The molecular weight excluding hydrogens is 334 g/mol. The molecule has 2 atom stereocenters. The second kappa shape index (κ2) is 8.21. The van der Waals surface area contributed by atoms with Crippen LogP contribution in [-0.2, 0) is 14.3 Å². The van der Waals surface area contributed by atoms with E-state index in [0.717, 1.165) is 25.9 Å². The number of hydrogen-bond acceptors (Lipinski definition) is 6. The van der Waals surface area contributed by atoms with Crippen molar-refractivity contribution in [2.75, 3.05) is 26.8 Å². The van der Waals surface area contributed by atoms with E-state index in [1.165, 1.54) is 6.42 Å². The third-order valence-corrected chi connectivity index (χ3v) is 4.75. The molecule has 0 unspecified atom stereocenters. The van der Waals surface area contributed by atoms with Crippen LogP contribution in [0.2, 0.25) is 0 Å². The lowest BCUT2D eigenvalue weighted by Crippen LogP contribution is -2.53. The molecule has 1 saturated heterocycles. The summed E-state index contributed by atoms with van der Waals surface area (Å²) in [5.74, 6) is -0.841. The minimum atomic E-state index is -1.03. The van der Waals surface area contributed by atoms with Crippen molar-refractivity contribution in [2.24, 2.45) is 10.9 Å². The van der Waals surface area contributed by atoms with E-state index in [1.807, 2.05) is 18.2 Å². The number of hydrogen-bond donors (Lipinski definition) is 1. The number of piperidine rings is 1. The fraction of sp³-hybridized carbons (Fsp3) is 0.526. The van der Waals surface area contributed by atoms with Crippen molar-refractivity contribution in [3.63, 3.8) is 0 Å². The van der Waals surface area contributed by atoms with E-state index in [9.17, 15) is 9.59 Å². The van der Waals surface area contributed by atoms with E-state index in [2.05, 4.69) is 10.2 Å². The summed E-state index contributed by atoms with van der Waals surface area (Å²) in [4.78, 5) is 32.1. The average molecular weight is 359 g/mol. The van der Waals surface area contributed by atoms with E-state index in [-0.39, 0.29) is 12.5 Å². The predicted molar refractivity (Wildman–Crippen MR) is 96.9 cm³/mol. The highest BCUT2D eigenvalue weighted by molar-refractivity contribution is 6.08. The summed E-state index contributed by atoms with van der Waals surface area (Å²) in [5.41, 5.74) is 0.706. The molecule has 7 nitrogen and oxygen atoms in total. The maximum Gasteiger partial charge on any atom is 0.321 e. The molecule has 1 N–H and O–H groups in total. The van der Waals surface area contributed by atoms with Crippen molar-refractivity contribution in [1.82, 2.24) is 10.2 Å². The number of likely N-dealkylation sites (tertiary alicyclic amines) is 1. The normalized spacial score (nSPS) is 23.1. The molecule has 0 aliphatic carbocycles. The number of esters is 1. The first-order valence-corrected chi connectivity index (χ1v) is 9.09. The minimum Gasteiger partial charge on any atom is -0.496 e. The highest BCUT2D eigenvalue weighted by Crippen LogP contribution is 2.36. The summed E-state index contributed by atoms with van der Waals surface area (Å²) >= 11 is 0. The van der Waals surface area contributed by atoms with Crippen LogP contribution in [-0.4, -0.2) is 49.5 Å². The highest BCUT2D eigenvalue weighted by atomic mass is 16.5. The summed E-state index contributed by atoms with van der Waals surface area (Å²) < 4.78 is 10.6. The van der Waals surface area contributed by atoms with E-state index in [0.29, 0.717) is 17.3 Å². The van der Waals surface area contributed by atoms with Crippen LogP contribution in [0, 0.1) is 5.92 Å². The van der Waals surface area contributed by atoms with E-state index < -0.39 is 17.9 Å². The second-order valence-corrected chi connectivity index (χ2v) is 6.41. The average Bonchev–Trinajstić information content (AvgIpc) is 2.68. The van der Waals surface area contributed by atoms with Crippen molar-refractivity contribution in [3.8, 4) is 5.75 Å². The zero-order valence-corrected chi connectivity index (χ0v) is 15.2. The quantitative estimate of drug-likeness (QED) is 0.656. The Hall–Kier alpha value is -2.57. The van der Waals surface area contributed by atoms with Crippen molar-refractivity contribution >= 4 is 17.8 Å². The van der Waals surface area contributed by atoms with E-state index in [4.69, 9.17) is 14.5 Å². The van der Waals surface area contributed by atoms with Gasteiger partial charge in [0.25, 0.3) is 0 Å². The van der Waals surface area contributed by atoms with Crippen LogP contribution in [0.1, 0.15) is 37.8 Å². The molecule has 1 fully saturated rings. The van der Waals surface area contributed by atoms with Gasteiger partial charge in [-0.15, -0.1) is 0 Å². The molecule has 3 rings (SSSR count). The lowest BCUT2D eigenvalue weighted by atomic mass is 9.90. The summed E-state index contributed by atoms with van der Waals surface area (Å²) in [6.07, 6.45) is 3.31. The summed E-state index contributed by atoms with van der Waals surface area (Å²) in [7, 11) is 1.57. The fourth-order valence-corrected chi connectivity index (χ4v) is 3.46. The van der Waals surface area contributed by atoms with Crippen molar-refractivity contribution in [2.45, 2.75) is 32.2 Å². The van der Waals surface area contributed by atoms with Gasteiger partial charge in [-0.3, -0.25) is 14.9 Å². The monoisotopic (exact) mass is 359 g/mol. The van der Waals surface area contributed by atoms with Gasteiger partial charge in [-0.2, -0.15) is 0 Å². The summed E-state index contributed by atoms with van der Waals surface area (Å²) in [5, 5.41) is 2.81. The molecule has 0 saturated carbocycles. The van der Waals surface area contributed by atoms with E-state index >= 15 is 0 Å². The Bertz CT molecular complexity index is 698. The summed E-state index contributed by atoms with van der Waals surface area (Å²) in [6, 6.07) is 6.67. The largest absolute Gasteiger partial charge is 0.496 e. The molecule has 0 radical (unpaired) electrons. The molecule has 0 spiro atoms. The van der Waals surface area contributed by atoms with Gasteiger partial charge in [-0.1, -0.05) is 18.2 Å². The topological polar surface area (TPSA) is 80.2 Å². The Labute approximate surface area is 153 Å². The van der Waals surface area contributed by atoms with Crippen LogP contribution >= 0.6 is 0 Å². The molecule has 2 aliphatic rings. The van der Waals surface area contributed by atoms with Crippen LogP contribution in [0.15, 0.2) is 29.3 Å². The molecule has 26 heavy (non-hydrogen) atoms. The Morgan fingerprint density at radius 3 is 2.69 bits per heavy atom. The van der Waals surface area contributed by atoms with Gasteiger partial charge in [0.05, 0.1) is 13.7 Å². The SMILES string of the molecule is CCOC(=O)[C@@H]1C(=O)NC(N2CCCCC2)=N[C@@H]1c1ccccc1OC. The third-order valence-electron chi connectivity index (χ3n) is 4.75. The number of aliphatic imine (C=N–C) groups is 1. The Morgan fingerprint density at radius 1 is 1.27 bits per heavy atom. The Kier molecular flexibility index (Phi) is 5.75. The van der Waals surface area contributed by atoms with Gasteiger partial charge in [-0.05, 0) is 32.3 Å². The Morgan fingerprint density at radius 2 is 2.00 bits per heavy atom. The highest BCUT2D eigenvalue weighted by Gasteiger charge is 2.43. The zero-order valence-electron chi connectivity index (χ0n) is 15.2. The van der Waals surface area contributed by atoms with Crippen molar-refractivity contribution < 1.29 is 19.1 Å². The van der Waals surface area contributed by atoms with E-state index in [1.54, 1.807) is 20.1 Å². The lowest BCUT2D eigenvalue weighted by Gasteiger charge is -2.35. The molecule has 1 aromatic rings. The number of para-hydroxylation sites is 1. The number of guanidine groups is 1. The first-order valence-electron chi connectivity index (χ1n) is 9.09. The predicted octanol–water partition coefficient (Wildman–Crippen LogP) is 1.89. The van der Waals surface area contributed by atoms with Crippen LogP contribution < -0.4 is 10.1 Å². The Balaban J connectivity index is 2.01. The lowest BCUT2D eigenvalue weighted by molar-refractivity contribution is -0.153. The molecule has 1 aromatic carbocycles. The van der Waals surface area contributed by atoms with Crippen LogP contribution in [0.25, 0.3) is 0 Å². The fourth-order valence-electron chi connectivity index (χ4n) is 3.46. The molecule has 0 aromatic heterocycles. The molecule has 2 aliphatic heterocycles. The van der Waals surface area contributed by atoms with Gasteiger partial charge in [-0.25, -0.2) is 4.99 Å². The first-order chi connectivity index (χ1) is 12.7. The standard InChI is InChI=1S/C19H25N3O4/c1-3-26-18(24)15-16(13-9-5-6-10-14(13)25-2)20-19(21-17(15)23)22-11-7-4-8-12-22/h5-6,9-10,15-16H,3-4,7-8,11-12H2,1-2H3,(H,20,21,23)/t15-,16+/m0/s1. The summed E-state index contributed by atoms with van der Waals surface area (Å²) in [6.45, 7) is 3.63. The number of carbonyl (C=O) groups is 2. The van der Waals surface area contributed by atoms with Crippen molar-refractivity contribution in [1.29, 1.82) is 0 Å². The van der Waals surface area contributed by atoms with Gasteiger partial charge in [0, 0.05) is 18.7 Å². The van der Waals surface area contributed by atoms with Crippen LogP contribution in [0.4, 0.5) is 0 Å². The molecule has 140 valence electrons. The van der Waals surface area contributed by atoms with Gasteiger partial charge in [0.15, 0.2) is 5.92 Å². The second-order valence-electron chi connectivity index (χ2n) is 6.41. The van der Waals surface area contributed by atoms with Gasteiger partial charge in [0.1, 0.15) is 11.8 Å². The molecule has 0 bridgehead atoms. The van der Waals surface area contributed by atoms with Crippen molar-refractivity contribution in [3.05, 3.63) is 29.8 Å². The first kappa shape index (κ1) is 18.2. The number of carbonyl (C=O) groups excluding carboxylic acids is 2. The third kappa shape index (κ3) is 3.66. The van der Waals surface area contributed by atoms with Gasteiger partial charge >= 0.3 is 5.97 Å². The smallest absolute Gasteiger partial charge is 0.321 e. The molecular formula is C19H25N3O4. The number of amides is 1. The zero-order chi connectivity index (χ0) is 18.5. The van der Waals surface area contributed by atoms with Crippen LogP contribution in [0.5, 0.6) is 5.75 Å².